The van der Waals surface area contributed by atoms with Crippen molar-refractivity contribution in [2.24, 2.45) is 11.8 Å². The first-order valence-corrected chi connectivity index (χ1v) is 8.75. The third-order valence-corrected chi connectivity index (χ3v) is 4.64. The summed E-state index contributed by atoms with van der Waals surface area (Å²) in [5.74, 6) is 2.10. The Hall–Kier alpha value is -1.55. The van der Waals surface area contributed by atoms with Gasteiger partial charge in [-0.15, -0.1) is 0 Å². The Morgan fingerprint density at radius 1 is 1.26 bits per heavy atom. The Bertz CT molecular complexity index is 481. The molecule has 0 spiro atoms. The van der Waals surface area contributed by atoms with Crippen LogP contribution in [0.3, 0.4) is 0 Å². The van der Waals surface area contributed by atoms with Gasteiger partial charge < -0.3 is 15.4 Å². The van der Waals surface area contributed by atoms with Crippen LogP contribution in [0.5, 0.6) is 5.75 Å². The molecule has 2 atom stereocenters. The fraction of sp³-hybridized carbons (Fsp3) is 0.632. The molecule has 0 aromatic heterocycles. The van der Waals surface area contributed by atoms with Crippen LogP contribution in [-0.2, 0) is 4.79 Å². The monoisotopic (exact) mass is 318 g/mol. The molecule has 4 nitrogen and oxygen atoms in total. The maximum Gasteiger partial charge on any atom is 0.220 e. The van der Waals surface area contributed by atoms with Gasteiger partial charge in [-0.3, -0.25) is 4.79 Å². The minimum atomic E-state index is -0.0316. The van der Waals surface area contributed by atoms with Crippen molar-refractivity contribution < 1.29 is 9.53 Å². The van der Waals surface area contributed by atoms with Crippen molar-refractivity contribution in [3.63, 3.8) is 0 Å². The highest BCUT2D eigenvalue weighted by atomic mass is 16.5. The van der Waals surface area contributed by atoms with Crippen molar-refractivity contribution in [3.8, 4) is 5.75 Å². The van der Waals surface area contributed by atoms with E-state index in [1.165, 1.54) is 18.4 Å². The van der Waals surface area contributed by atoms with Crippen molar-refractivity contribution in [1.29, 1.82) is 0 Å². The summed E-state index contributed by atoms with van der Waals surface area (Å²) in [6.45, 7) is 8.94. The molecule has 0 radical (unpaired) electrons. The molecule has 1 aliphatic rings. The van der Waals surface area contributed by atoms with Gasteiger partial charge in [0.1, 0.15) is 11.9 Å². The van der Waals surface area contributed by atoms with Gasteiger partial charge in [0, 0.05) is 6.42 Å². The molecule has 0 aliphatic carbocycles. The molecule has 0 saturated carbocycles. The first-order chi connectivity index (χ1) is 11.0. The average molecular weight is 318 g/mol. The smallest absolute Gasteiger partial charge is 0.220 e. The lowest BCUT2D eigenvalue weighted by atomic mass is 9.84. The number of carbonyl (C=O) groups is 1. The van der Waals surface area contributed by atoms with Crippen molar-refractivity contribution in [1.82, 2.24) is 10.6 Å². The van der Waals surface area contributed by atoms with Crippen LogP contribution < -0.4 is 15.4 Å². The van der Waals surface area contributed by atoms with Crippen LogP contribution >= 0.6 is 0 Å². The van der Waals surface area contributed by atoms with Crippen LogP contribution in [-0.4, -0.2) is 31.6 Å². The number of amides is 1. The van der Waals surface area contributed by atoms with Gasteiger partial charge in [0.05, 0.1) is 6.54 Å². The lowest BCUT2D eigenvalue weighted by molar-refractivity contribution is -0.122. The Morgan fingerprint density at radius 2 is 1.91 bits per heavy atom. The zero-order valence-corrected chi connectivity index (χ0v) is 14.6. The molecule has 1 aromatic rings. The van der Waals surface area contributed by atoms with E-state index in [1.807, 2.05) is 31.2 Å². The zero-order chi connectivity index (χ0) is 16.7. The topological polar surface area (TPSA) is 50.4 Å². The fourth-order valence-electron chi connectivity index (χ4n) is 3.09. The first kappa shape index (κ1) is 17.8. The first-order valence-electron chi connectivity index (χ1n) is 8.75. The highest BCUT2D eigenvalue weighted by molar-refractivity contribution is 5.76. The Morgan fingerprint density at radius 3 is 2.57 bits per heavy atom. The molecular weight excluding hydrogens is 288 g/mol. The molecule has 1 aromatic carbocycles. The molecule has 23 heavy (non-hydrogen) atoms. The second kappa shape index (κ2) is 8.92. The Labute approximate surface area is 140 Å². The van der Waals surface area contributed by atoms with Crippen LogP contribution in [0, 0.1) is 18.8 Å². The number of rotatable bonds is 7. The van der Waals surface area contributed by atoms with E-state index < -0.39 is 0 Å². The quantitative estimate of drug-likeness (QED) is 0.813. The molecule has 2 unspecified atom stereocenters. The highest BCUT2D eigenvalue weighted by Gasteiger charge is 2.22. The molecule has 128 valence electrons. The maximum absolute atomic E-state index is 12.1. The standard InChI is InChI=1S/C19H30N2O2/c1-14-4-6-18(7-5-14)23-16(3)13-21-19(22)12-15(2)17-8-10-20-11-9-17/h4-7,15-17,20H,8-13H2,1-3H3,(H,21,22). The van der Waals surface area contributed by atoms with Crippen molar-refractivity contribution in [2.75, 3.05) is 19.6 Å². The van der Waals surface area contributed by atoms with E-state index in [0.717, 1.165) is 18.8 Å². The normalized spacial score (nSPS) is 18.2. The largest absolute Gasteiger partial charge is 0.489 e. The van der Waals surface area contributed by atoms with Gasteiger partial charge in [0.25, 0.3) is 0 Å². The van der Waals surface area contributed by atoms with Crippen molar-refractivity contribution >= 4 is 5.91 Å². The van der Waals surface area contributed by atoms with E-state index >= 15 is 0 Å². The summed E-state index contributed by atoms with van der Waals surface area (Å²) in [5.41, 5.74) is 1.21. The molecule has 1 heterocycles. The highest BCUT2D eigenvalue weighted by Crippen LogP contribution is 2.24. The SMILES string of the molecule is Cc1ccc(OC(C)CNC(=O)CC(C)C2CCNCC2)cc1. The van der Waals surface area contributed by atoms with E-state index in [2.05, 4.69) is 24.5 Å². The lowest BCUT2D eigenvalue weighted by Crippen LogP contribution is -2.36. The summed E-state index contributed by atoms with van der Waals surface area (Å²) < 4.78 is 5.82. The Kier molecular flexibility index (Phi) is 6.90. The van der Waals surface area contributed by atoms with Crippen LogP contribution in [0.15, 0.2) is 24.3 Å². The molecule has 0 bridgehead atoms. The van der Waals surface area contributed by atoms with Gasteiger partial charge in [0.2, 0.25) is 5.91 Å². The van der Waals surface area contributed by atoms with E-state index in [1.54, 1.807) is 0 Å². The number of hydrogen-bond acceptors (Lipinski definition) is 3. The number of aryl methyl sites for hydroxylation is 1. The summed E-state index contributed by atoms with van der Waals surface area (Å²) in [7, 11) is 0. The van der Waals surface area contributed by atoms with Crippen LogP contribution in [0.4, 0.5) is 0 Å². The molecule has 2 rings (SSSR count). The number of carbonyl (C=O) groups excluding carboxylic acids is 1. The van der Waals surface area contributed by atoms with Crippen LogP contribution in [0.1, 0.15) is 38.7 Å². The molecule has 1 aliphatic heterocycles. The minimum Gasteiger partial charge on any atom is -0.489 e. The predicted octanol–water partition coefficient (Wildman–Crippen LogP) is 2.90. The summed E-state index contributed by atoms with van der Waals surface area (Å²) in [6.07, 6.45) is 2.95. The maximum atomic E-state index is 12.1. The Balaban J connectivity index is 1.67. The summed E-state index contributed by atoms with van der Waals surface area (Å²) in [4.78, 5) is 12.1. The third-order valence-electron chi connectivity index (χ3n) is 4.64. The molecular formula is C19H30N2O2. The summed E-state index contributed by atoms with van der Waals surface area (Å²) in [6, 6.07) is 7.99. The van der Waals surface area contributed by atoms with E-state index in [-0.39, 0.29) is 12.0 Å². The van der Waals surface area contributed by atoms with E-state index in [9.17, 15) is 4.79 Å². The van der Waals surface area contributed by atoms with Gasteiger partial charge in [-0.1, -0.05) is 24.6 Å². The predicted molar refractivity (Wildman–Crippen MR) is 93.7 cm³/mol. The van der Waals surface area contributed by atoms with Crippen molar-refractivity contribution in [2.45, 2.75) is 46.1 Å². The van der Waals surface area contributed by atoms with Crippen molar-refractivity contribution in [3.05, 3.63) is 29.8 Å². The van der Waals surface area contributed by atoms with Gasteiger partial charge in [0.15, 0.2) is 0 Å². The number of piperidine rings is 1. The van der Waals surface area contributed by atoms with E-state index in [0.29, 0.717) is 24.8 Å². The summed E-state index contributed by atoms with van der Waals surface area (Å²) >= 11 is 0. The van der Waals surface area contributed by atoms with Crippen LogP contribution in [0.2, 0.25) is 0 Å². The average Bonchev–Trinajstić information content (AvgIpc) is 2.56. The number of benzene rings is 1. The van der Waals surface area contributed by atoms with Gasteiger partial charge in [-0.25, -0.2) is 0 Å². The lowest BCUT2D eigenvalue weighted by Gasteiger charge is -2.28. The second-order valence-electron chi connectivity index (χ2n) is 6.81. The van der Waals surface area contributed by atoms with Gasteiger partial charge >= 0.3 is 0 Å². The minimum absolute atomic E-state index is 0.0316. The van der Waals surface area contributed by atoms with Gasteiger partial charge in [-0.2, -0.15) is 0 Å². The third kappa shape index (κ3) is 6.22. The molecule has 2 N–H and O–H groups in total. The zero-order valence-electron chi connectivity index (χ0n) is 14.6. The molecule has 1 saturated heterocycles. The number of nitrogens with one attached hydrogen (secondary N) is 2. The molecule has 4 heteroatoms. The molecule has 1 amide bonds. The van der Waals surface area contributed by atoms with Gasteiger partial charge in [-0.05, 0) is 63.7 Å². The fourth-order valence-corrected chi connectivity index (χ4v) is 3.09. The van der Waals surface area contributed by atoms with Crippen LogP contribution in [0.25, 0.3) is 0 Å². The number of ether oxygens (including phenoxy) is 1. The molecule has 1 fully saturated rings. The van der Waals surface area contributed by atoms with E-state index in [4.69, 9.17) is 4.74 Å². The summed E-state index contributed by atoms with van der Waals surface area (Å²) in [5, 5.41) is 6.38. The number of hydrogen-bond donors (Lipinski definition) is 2. The second-order valence-corrected chi connectivity index (χ2v) is 6.81.